The van der Waals surface area contributed by atoms with Crippen LogP contribution in [0.1, 0.15) is 52.7 Å². The Kier molecular flexibility index (Phi) is 7.21. The molecule has 1 aliphatic heterocycles. The van der Waals surface area contributed by atoms with E-state index in [0.29, 0.717) is 37.5 Å². The lowest BCUT2D eigenvalue weighted by molar-refractivity contribution is 0.0364. The minimum absolute atomic E-state index is 0.000146. The number of hydrogen-bond acceptors (Lipinski definition) is 5. The van der Waals surface area contributed by atoms with E-state index in [4.69, 9.17) is 9.57 Å². The van der Waals surface area contributed by atoms with E-state index in [2.05, 4.69) is 10.8 Å². The highest BCUT2D eigenvalue weighted by Gasteiger charge is 2.36. The average Bonchev–Trinajstić information content (AvgIpc) is 3.01. The van der Waals surface area contributed by atoms with Gasteiger partial charge in [0, 0.05) is 42.1 Å². The molecule has 0 spiro atoms. The molecule has 154 valence electrons. The van der Waals surface area contributed by atoms with Crippen molar-refractivity contribution in [2.45, 2.75) is 26.4 Å². The Morgan fingerprint density at radius 3 is 2.72 bits per heavy atom. The molecular formula is C22H27N3O4. The van der Waals surface area contributed by atoms with Gasteiger partial charge >= 0.3 is 0 Å². The summed E-state index contributed by atoms with van der Waals surface area (Å²) in [7, 11) is 0. The van der Waals surface area contributed by atoms with E-state index in [0.717, 1.165) is 17.7 Å². The predicted molar refractivity (Wildman–Crippen MR) is 110 cm³/mol. The molecule has 0 aliphatic carbocycles. The van der Waals surface area contributed by atoms with E-state index in [1.807, 2.05) is 42.2 Å². The lowest BCUT2D eigenvalue weighted by Gasteiger charge is -2.27. The fraction of sp³-hybridized carbons (Fsp3) is 0.364. The molecule has 1 aliphatic rings. The molecule has 0 fully saturated rings. The first kappa shape index (κ1) is 20.8. The summed E-state index contributed by atoms with van der Waals surface area (Å²) in [5, 5.41) is 3.41. The topological polar surface area (TPSA) is 79.9 Å². The molecule has 2 aromatic carbocycles. The maximum Gasteiger partial charge on any atom is 0.274 e. The molecule has 29 heavy (non-hydrogen) atoms. The first-order valence-corrected chi connectivity index (χ1v) is 9.92. The van der Waals surface area contributed by atoms with Gasteiger partial charge in [0.1, 0.15) is 6.17 Å². The number of nitrogens with zero attached hydrogens (tertiary/aromatic N) is 1. The van der Waals surface area contributed by atoms with Gasteiger partial charge in [0.25, 0.3) is 11.8 Å². The molecule has 0 aromatic heterocycles. The lowest BCUT2D eigenvalue weighted by Crippen LogP contribution is -2.33. The third-order valence-corrected chi connectivity index (χ3v) is 4.69. The van der Waals surface area contributed by atoms with Crippen LogP contribution in [0.25, 0.3) is 0 Å². The summed E-state index contributed by atoms with van der Waals surface area (Å²) in [6, 6.07) is 14.7. The maximum atomic E-state index is 12.9. The number of carbonyl (C=O) groups excluding carboxylic acids is 2. The number of nitrogens with one attached hydrogen (secondary N) is 2. The standard InChI is InChI=1S/C22H27N3O4/c1-3-28-14-8-13-25-20(18-11-5-6-12-19(18)22(25)27)23-17-10-7-9-16(15-17)21(26)24-29-4-2/h5-7,9-12,15,20,23H,3-4,8,13-14H2,1-2H3,(H,24,26). The maximum absolute atomic E-state index is 12.9. The Morgan fingerprint density at radius 1 is 1.10 bits per heavy atom. The van der Waals surface area contributed by atoms with Gasteiger partial charge in [-0.05, 0) is 44.5 Å². The quantitative estimate of drug-likeness (QED) is 0.475. The van der Waals surface area contributed by atoms with E-state index in [-0.39, 0.29) is 18.0 Å². The highest BCUT2D eigenvalue weighted by Crippen LogP contribution is 2.34. The predicted octanol–water partition coefficient (Wildman–Crippen LogP) is 3.36. The SMILES string of the molecule is CCOCCCN1C(=O)c2ccccc2C1Nc1cccc(C(=O)NOCC)c1. The van der Waals surface area contributed by atoms with Gasteiger partial charge in [0.15, 0.2) is 0 Å². The average molecular weight is 397 g/mol. The molecule has 0 saturated carbocycles. The summed E-state index contributed by atoms with van der Waals surface area (Å²) in [6.45, 7) is 5.99. The third-order valence-electron chi connectivity index (χ3n) is 4.69. The second-order valence-corrected chi connectivity index (χ2v) is 6.63. The largest absolute Gasteiger partial charge is 0.382 e. The van der Waals surface area contributed by atoms with E-state index in [1.54, 1.807) is 25.1 Å². The van der Waals surface area contributed by atoms with Crippen LogP contribution in [-0.2, 0) is 9.57 Å². The second-order valence-electron chi connectivity index (χ2n) is 6.63. The number of fused-ring (bicyclic) bond motifs is 1. The zero-order valence-corrected chi connectivity index (χ0v) is 16.8. The summed E-state index contributed by atoms with van der Waals surface area (Å²) in [5.74, 6) is -0.313. The molecule has 2 N–H and O–H groups in total. The number of benzene rings is 2. The zero-order valence-electron chi connectivity index (χ0n) is 16.8. The van der Waals surface area contributed by atoms with Gasteiger partial charge in [-0.2, -0.15) is 0 Å². The van der Waals surface area contributed by atoms with E-state index in [1.165, 1.54) is 0 Å². The molecule has 2 amide bonds. The van der Waals surface area contributed by atoms with Crippen molar-refractivity contribution in [3.05, 3.63) is 65.2 Å². The molecular weight excluding hydrogens is 370 g/mol. The minimum Gasteiger partial charge on any atom is -0.382 e. The number of rotatable bonds is 10. The van der Waals surface area contributed by atoms with Crippen molar-refractivity contribution in [3.8, 4) is 0 Å². The molecule has 2 aromatic rings. The van der Waals surface area contributed by atoms with Crippen LogP contribution in [0.5, 0.6) is 0 Å². The van der Waals surface area contributed by atoms with Gasteiger partial charge in [-0.1, -0.05) is 24.3 Å². The van der Waals surface area contributed by atoms with Gasteiger partial charge < -0.3 is 15.0 Å². The zero-order chi connectivity index (χ0) is 20.6. The van der Waals surface area contributed by atoms with Crippen LogP contribution < -0.4 is 10.8 Å². The van der Waals surface area contributed by atoms with Crippen LogP contribution in [-0.4, -0.2) is 43.1 Å². The first-order valence-electron chi connectivity index (χ1n) is 9.92. The fourth-order valence-electron chi connectivity index (χ4n) is 3.34. The van der Waals surface area contributed by atoms with Crippen LogP contribution in [0.4, 0.5) is 5.69 Å². The Morgan fingerprint density at radius 2 is 1.93 bits per heavy atom. The number of amides is 2. The molecule has 0 radical (unpaired) electrons. The van der Waals surface area contributed by atoms with Gasteiger partial charge in [0.05, 0.1) is 6.61 Å². The van der Waals surface area contributed by atoms with Crippen molar-refractivity contribution in [1.29, 1.82) is 0 Å². The van der Waals surface area contributed by atoms with E-state index >= 15 is 0 Å². The minimum atomic E-state index is -0.313. The normalized spacial score (nSPS) is 15.3. The Balaban J connectivity index is 1.79. The summed E-state index contributed by atoms with van der Waals surface area (Å²) >= 11 is 0. The Bertz CT molecular complexity index is 855. The van der Waals surface area contributed by atoms with Gasteiger partial charge in [-0.15, -0.1) is 0 Å². The van der Waals surface area contributed by atoms with Crippen molar-refractivity contribution < 1.29 is 19.2 Å². The number of hydroxylamine groups is 1. The van der Waals surface area contributed by atoms with Crippen LogP contribution in [0.15, 0.2) is 48.5 Å². The first-order chi connectivity index (χ1) is 14.2. The smallest absolute Gasteiger partial charge is 0.274 e. The second kappa shape index (κ2) is 10.0. The Labute approximate surface area is 170 Å². The van der Waals surface area contributed by atoms with E-state index < -0.39 is 0 Å². The highest BCUT2D eigenvalue weighted by atomic mass is 16.6. The lowest BCUT2D eigenvalue weighted by atomic mass is 10.1. The number of ether oxygens (including phenoxy) is 1. The molecule has 0 saturated heterocycles. The highest BCUT2D eigenvalue weighted by molar-refractivity contribution is 5.99. The molecule has 3 rings (SSSR count). The molecule has 1 heterocycles. The molecule has 7 heteroatoms. The van der Waals surface area contributed by atoms with Crippen LogP contribution in [0.3, 0.4) is 0 Å². The number of hydrogen-bond donors (Lipinski definition) is 2. The summed E-state index contributed by atoms with van der Waals surface area (Å²) in [5.41, 5.74) is 5.25. The summed E-state index contributed by atoms with van der Waals surface area (Å²) in [6.07, 6.45) is 0.452. The van der Waals surface area contributed by atoms with Gasteiger partial charge in [-0.25, -0.2) is 5.48 Å². The van der Waals surface area contributed by atoms with E-state index in [9.17, 15) is 9.59 Å². The number of carbonyl (C=O) groups is 2. The summed E-state index contributed by atoms with van der Waals surface area (Å²) in [4.78, 5) is 31.9. The van der Waals surface area contributed by atoms with Gasteiger partial charge in [0.2, 0.25) is 0 Å². The molecule has 1 unspecified atom stereocenters. The Hall–Kier alpha value is -2.90. The monoisotopic (exact) mass is 397 g/mol. The van der Waals surface area contributed by atoms with Crippen molar-refractivity contribution in [3.63, 3.8) is 0 Å². The van der Waals surface area contributed by atoms with Crippen LogP contribution in [0, 0.1) is 0 Å². The molecule has 7 nitrogen and oxygen atoms in total. The summed E-state index contributed by atoms with van der Waals surface area (Å²) < 4.78 is 5.42. The van der Waals surface area contributed by atoms with Gasteiger partial charge in [-0.3, -0.25) is 14.4 Å². The van der Waals surface area contributed by atoms with Crippen molar-refractivity contribution in [2.24, 2.45) is 0 Å². The van der Waals surface area contributed by atoms with Crippen molar-refractivity contribution in [1.82, 2.24) is 10.4 Å². The van der Waals surface area contributed by atoms with Crippen LogP contribution >= 0.6 is 0 Å². The third kappa shape index (κ3) is 4.93. The molecule has 1 atom stereocenters. The van der Waals surface area contributed by atoms with Crippen LogP contribution in [0.2, 0.25) is 0 Å². The number of anilines is 1. The van der Waals surface area contributed by atoms with Crippen molar-refractivity contribution in [2.75, 3.05) is 31.7 Å². The molecule has 0 bridgehead atoms. The van der Waals surface area contributed by atoms with Crippen molar-refractivity contribution >= 4 is 17.5 Å². The fourth-order valence-corrected chi connectivity index (χ4v) is 3.34.